The van der Waals surface area contributed by atoms with E-state index in [1.54, 1.807) is 12.1 Å². The van der Waals surface area contributed by atoms with Gasteiger partial charge in [-0.05, 0) is 69.0 Å². The van der Waals surface area contributed by atoms with Gasteiger partial charge in [0.05, 0.1) is 0 Å². The molecule has 0 spiro atoms. The number of benzene rings is 1. The Bertz CT molecular complexity index is 837. The maximum atomic E-state index is 13.6. The molecule has 4 rings (SSSR count). The summed E-state index contributed by atoms with van der Waals surface area (Å²) in [6, 6.07) is 4.87. The summed E-state index contributed by atoms with van der Waals surface area (Å²) in [4.78, 5) is 10.3. The lowest BCUT2D eigenvalue weighted by atomic mass is 9.88. The lowest BCUT2D eigenvalue weighted by molar-refractivity contribution is -0.0164. The molecule has 0 unspecified atom stereocenters. The molecule has 0 bridgehead atoms. The van der Waals surface area contributed by atoms with Crippen LogP contribution >= 0.6 is 0 Å². The average molecular weight is 402 g/mol. The molecule has 0 amide bonds. The smallest absolute Gasteiger partial charge is 0.191 e. The Labute approximate surface area is 171 Å². The zero-order valence-corrected chi connectivity index (χ0v) is 17.3. The van der Waals surface area contributed by atoms with E-state index in [1.165, 1.54) is 32.0 Å². The molecular formula is C22H32FN5O. The van der Waals surface area contributed by atoms with Crippen molar-refractivity contribution in [2.75, 3.05) is 46.4 Å². The summed E-state index contributed by atoms with van der Waals surface area (Å²) >= 11 is 0. The van der Waals surface area contributed by atoms with Crippen molar-refractivity contribution in [1.82, 2.24) is 20.5 Å². The van der Waals surface area contributed by atoms with Crippen LogP contribution in [0.4, 0.5) is 4.39 Å². The van der Waals surface area contributed by atoms with Gasteiger partial charge >= 0.3 is 0 Å². The minimum absolute atomic E-state index is 0.167. The number of H-pyrrole nitrogens is 1. The number of ether oxygens (including phenoxy) is 1. The molecule has 2 aliphatic rings. The Morgan fingerprint density at radius 1 is 1.24 bits per heavy atom. The third-order valence-electron chi connectivity index (χ3n) is 6.43. The van der Waals surface area contributed by atoms with Gasteiger partial charge in [-0.1, -0.05) is 0 Å². The predicted molar refractivity (Wildman–Crippen MR) is 115 cm³/mol. The van der Waals surface area contributed by atoms with Gasteiger partial charge in [-0.2, -0.15) is 0 Å². The van der Waals surface area contributed by atoms with E-state index < -0.39 is 0 Å². The van der Waals surface area contributed by atoms with Crippen molar-refractivity contribution in [2.24, 2.45) is 4.99 Å². The second kappa shape index (κ2) is 9.13. The summed E-state index contributed by atoms with van der Waals surface area (Å²) in [5.74, 6) is 0.619. The number of likely N-dealkylation sites (tertiary alicyclic amines) is 1. The molecule has 3 heterocycles. The van der Waals surface area contributed by atoms with Crippen molar-refractivity contribution in [3.05, 3.63) is 35.8 Å². The molecule has 0 saturated carbocycles. The predicted octanol–water partition coefficient (Wildman–Crippen LogP) is 2.66. The molecule has 158 valence electrons. The molecule has 2 aromatic rings. The highest BCUT2D eigenvalue weighted by atomic mass is 19.1. The van der Waals surface area contributed by atoms with Gasteiger partial charge in [0.2, 0.25) is 0 Å². The number of nitrogens with zero attached hydrogens (tertiary/aromatic N) is 2. The zero-order chi connectivity index (χ0) is 20.1. The summed E-state index contributed by atoms with van der Waals surface area (Å²) in [6.07, 6.45) is 7.49. The van der Waals surface area contributed by atoms with Gasteiger partial charge in [0.25, 0.3) is 0 Å². The molecule has 3 N–H and O–H groups in total. The summed E-state index contributed by atoms with van der Waals surface area (Å²) in [5, 5.41) is 7.92. The first-order valence-electron chi connectivity index (χ1n) is 10.7. The molecule has 7 heteroatoms. The first kappa shape index (κ1) is 20.2. The van der Waals surface area contributed by atoms with E-state index >= 15 is 0 Å². The Kier molecular flexibility index (Phi) is 6.35. The van der Waals surface area contributed by atoms with E-state index in [4.69, 9.17) is 4.74 Å². The number of halogens is 1. The monoisotopic (exact) mass is 401 g/mol. The van der Waals surface area contributed by atoms with E-state index in [0.29, 0.717) is 0 Å². The third-order valence-corrected chi connectivity index (χ3v) is 6.43. The second-order valence-corrected chi connectivity index (χ2v) is 8.14. The molecule has 0 radical (unpaired) electrons. The minimum atomic E-state index is -0.201. The lowest BCUT2D eigenvalue weighted by Gasteiger charge is -2.45. The van der Waals surface area contributed by atoms with Crippen LogP contribution in [0, 0.1) is 5.82 Å². The normalized spacial score (nSPS) is 20.3. The van der Waals surface area contributed by atoms with Crippen molar-refractivity contribution >= 4 is 16.9 Å². The highest BCUT2D eigenvalue weighted by Gasteiger charge is 2.39. The molecule has 29 heavy (non-hydrogen) atoms. The fourth-order valence-electron chi connectivity index (χ4n) is 4.69. The fourth-order valence-corrected chi connectivity index (χ4v) is 4.69. The number of guanidine groups is 1. The third kappa shape index (κ3) is 4.56. The van der Waals surface area contributed by atoms with Crippen LogP contribution < -0.4 is 10.6 Å². The number of hydrogen-bond donors (Lipinski definition) is 3. The molecule has 2 aliphatic heterocycles. The average Bonchev–Trinajstić information content (AvgIpc) is 3.42. The number of hydrogen-bond acceptors (Lipinski definition) is 3. The Hall–Kier alpha value is -2.12. The van der Waals surface area contributed by atoms with Crippen molar-refractivity contribution in [3.8, 4) is 0 Å². The first-order chi connectivity index (χ1) is 14.2. The molecule has 6 nitrogen and oxygen atoms in total. The van der Waals surface area contributed by atoms with Gasteiger partial charge in [-0.3, -0.25) is 9.89 Å². The molecule has 2 saturated heterocycles. The van der Waals surface area contributed by atoms with Gasteiger partial charge in [0.15, 0.2) is 5.96 Å². The van der Waals surface area contributed by atoms with Crippen LogP contribution in [0.15, 0.2) is 29.4 Å². The number of fused-ring (bicyclic) bond motifs is 1. The Morgan fingerprint density at radius 2 is 2.03 bits per heavy atom. The van der Waals surface area contributed by atoms with Crippen LogP contribution in [0.2, 0.25) is 0 Å². The van der Waals surface area contributed by atoms with E-state index in [9.17, 15) is 4.39 Å². The summed E-state index contributed by atoms with van der Waals surface area (Å²) < 4.78 is 19.2. The highest BCUT2D eigenvalue weighted by molar-refractivity contribution is 5.83. The Morgan fingerprint density at radius 3 is 2.79 bits per heavy atom. The second-order valence-electron chi connectivity index (χ2n) is 8.14. The van der Waals surface area contributed by atoms with Crippen molar-refractivity contribution in [1.29, 1.82) is 0 Å². The van der Waals surface area contributed by atoms with Crippen LogP contribution in [0.25, 0.3) is 10.9 Å². The summed E-state index contributed by atoms with van der Waals surface area (Å²) in [6.45, 7) is 5.66. The van der Waals surface area contributed by atoms with Crippen LogP contribution in [0.1, 0.15) is 31.2 Å². The maximum absolute atomic E-state index is 13.6. The standard InChI is InChI=1S/C22H32FN5O/c1-24-21(25-9-6-17-15-26-20-5-4-18(23)14-19(17)20)27-16-22(7-12-29-13-8-22)28-10-2-3-11-28/h4-5,14-15,26H,2-3,6-13,16H2,1H3,(H2,24,25,27). The van der Waals surface area contributed by atoms with E-state index in [1.807, 2.05) is 13.2 Å². The van der Waals surface area contributed by atoms with E-state index in [0.717, 1.165) is 68.0 Å². The molecular weight excluding hydrogens is 369 g/mol. The zero-order valence-electron chi connectivity index (χ0n) is 17.3. The summed E-state index contributed by atoms with van der Waals surface area (Å²) in [5.41, 5.74) is 2.25. The van der Waals surface area contributed by atoms with Gasteiger partial charge in [-0.15, -0.1) is 0 Å². The number of nitrogens with one attached hydrogen (secondary N) is 3. The highest BCUT2D eigenvalue weighted by Crippen LogP contribution is 2.30. The first-order valence-corrected chi connectivity index (χ1v) is 10.7. The van der Waals surface area contributed by atoms with Crippen molar-refractivity contribution in [3.63, 3.8) is 0 Å². The van der Waals surface area contributed by atoms with Gasteiger partial charge in [-0.25, -0.2) is 4.39 Å². The molecule has 1 aromatic heterocycles. The lowest BCUT2D eigenvalue weighted by Crippen LogP contribution is -2.58. The van der Waals surface area contributed by atoms with Crippen LogP contribution in [0.3, 0.4) is 0 Å². The van der Waals surface area contributed by atoms with E-state index in [2.05, 4.69) is 25.5 Å². The van der Waals surface area contributed by atoms with Crippen LogP contribution in [-0.4, -0.2) is 67.8 Å². The molecule has 0 aliphatic carbocycles. The van der Waals surface area contributed by atoms with Crippen molar-refractivity contribution in [2.45, 2.75) is 37.6 Å². The maximum Gasteiger partial charge on any atom is 0.191 e. The van der Waals surface area contributed by atoms with Crippen LogP contribution in [-0.2, 0) is 11.2 Å². The van der Waals surface area contributed by atoms with Gasteiger partial charge in [0, 0.05) is 56.0 Å². The quantitative estimate of drug-likeness (QED) is 0.514. The van der Waals surface area contributed by atoms with Gasteiger partial charge < -0.3 is 20.4 Å². The van der Waals surface area contributed by atoms with Gasteiger partial charge in [0.1, 0.15) is 5.82 Å². The number of aliphatic imine (C=N–C) groups is 1. The summed E-state index contributed by atoms with van der Waals surface area (Å²) in [7, 11) is 1.81. The van der Waals surface area contributed by atoms with Crippen molar-refractivity contribution < 1.29 is 9.13 Å². The van der Waals surface area contributed by atoms with E-state index in [-0.39, 0.29) is 11.4 Å². The number of aromatic nitrogens is 1. The molecule has 0 atom stereocenters. The molecule has 2 fully saturated rings. The minimum Gasteiger partial charge on any atom is -0.381 e. The number of aromatic amines is 1. The number of rotatable bonds is 6. The Balaban J connectivity index is 1.32. The molecule has 1 aromatic carbocycles. The fraction of sp³-hybridized carbons (Fsp3) is 0.591. The topological polar surface area (TPSA) is 64.7 Å². The van der Waals surface area contributed by atoms with Crippen LogP contribution in [0.5, 0.6) is 0 Å². The largest absolute Gasteiger partial charge is 0.381 e. The SMILES string of the molecule is CN=C(NCCc1c[nH]c2ccc(F)cc12)NCC1(N2CCCC2)CCOCC1.